The lowest BCUT2D eigenvalue weighted by Crippen LogP contribution is -2.41. The Hall–Kier alpha value is -0.613. The monoisotopic (exact) mass is 324 g/mol. The van der Waals surface area contributed by atoms with Gasteiger partial charge in [-0.3, -0.25) is 4.79 Å². The molecule has 1 heterocycles. The predicted octanol–water partition coefficient (Wildman–Crippen LogP) is 4.69. The average molecular weight is 325 g/mol. The van der Waals surface area contributed by atoms with Gasteiger partial charge in [-0.25, -0.2) is 0 Å². The Kier molecular flexibility index (Phi) is 5.54. The molecule has 0 unspecified atom stereocenters. The van der Waals surface area contributed by atoms with Crippen molar-refractivity contribution in [2.45, 2.75) is 77.1 Å². The van der Waals surface area contributed by atoms with E-state index >= 15 is 0 Å². The number of ether oxygens (including phenoxy) is 1. The first-order valence-corrected chi connectivity index (χ1v) is 11.6. The minimum absolute atomic E-state index is 0.0235. The number of rotatable bonds is 4. The molecule has 1 fully saturated rings. The maximum atomic E-state index is 11.8. The highest BCUT2D eigenvalue weighted by Crippen LogP contribution is 2.46. The largest absolute Gasteiger partial charge is 0.462 e. The van der Waals surface area contributed by atoms with Crippen LogP contribution in [0.2, 0.25) is 18.1 Å². The maximum absolute atomic E-state index is 11.8. The predicted molar refractivity (Wildman–Crippen MR) is 92.2 cm³/mol. The number of carbonyl (C=O) groups excluding carboxylic acids is 1. The van der Waals surface area contributed by atoms with Crippen LogP contribution in [0.3, 0.4) is 0 Å². The Morgan fingerprint density at radius 3 is 2.73 bits per heavy atom. The lowest BCUT2D eigenvalue weighted by Gasteiger charge is -2.36. The Morgan fingerprint density at radius 1 is 1.32 bits per heavy atom. The Morgan fingerprint density at radius 2 is 2.05 bits per heavy atom. The van der Waals surface area contributed by atoms with Gasteiger partial charge in [0.1, 0.15) is 6.10 Å². The zero-order valence-corrected chi connectivity index (χ0v) is 15.9. The first-order chi connectivity index (χ1) is 10.2. The normalized spacial score (nSPS) is 31.7. The minimum atomic E-state index is -1.67. The molecule has 3 nitrogen and oxygen atoms in total. The van der Waals surface area contributed by atoms with E-state index in [1.54, 1.807) is 0 Å². The summed E-state index contributed by atoms with van der Waals surface area (Å²) in [5, 5.41) is 0.255. The molecule has 126 valence electrons. The average Bonchev–Trinajstić information content (AvgIpc) is 3.15. The summed E-state index contributed by atoms with van der Waals surface area (Å²) in [7, 11) is -1.67. The fourth-order valence-corrected chi connectivity index (χ4v) is 3.76. The molecular formula is C18H32O3Si. The number of allylic oxidation sites excluding steroid dienone is 1. The van der Waals surface area contributed by atoms with Crippen LogP contribution in [0, 0.1) is 11.8 Å². The first-order valence-electron chi connectivity index (χ1n) is 8.69. The van der Waals surface area contributed by atoms with Crippen LogP contribution in [-0.4, -0.2) is 27.0 Å². The molecule has 0 spiro atoms. The molecule has 4 heteroatoms. The SMILES string of the molecule is CC(C)(C)[Si](C)(C)OC[C@@H]1C[C@H]1[C@@H]1C/C=C\CCCC(=O)O1. The third kappa shape index (κ3) is 4.69. The molecule has 2 aliphatic rings. The molecule has 3 atom stereocenters. The van der Waals surface area contributed by atoms with E-state index in [-0.39, 0.29) is 17.1 Å². The van der Waals surface area contributed by atoms with Crippen LogP contribution in [0.25, 0.3) is 0 Å². The molecule has 0 aromatic heterocycles. The smallest absolute Gasteiger partial charge is 0.306 e. The van der Waals surface area contributed by atoms with Crippen LogP contribution in [0.15, 0.2) is 12.2 Å². The van der Waals surface area contributed by atoms with E-state index in [9.17, 15) is 4.79 Å². The molecule has 1 saturated carbocycles. The van der Waals surface area contributed by atoms with Crippen LogP contribution < -0.4 is 0 Å². The number of cyclic esters (lactones) is 1. The lowest BCUT2D eigenvalue weighted by atomic mass is 10.1. The van der Waals surface area contributed by atoms with Crippen molar-refractivity contribution in [3.8, 4) is 0 Å². The molecular weight excluding hydrogens is 292 g/mol. The zero-order chi connectivity index (χ0) is 16.4. The summed E-state index contributed by atoms with van der Waals surface area (Å²) in [4.78, 5) is 11.8. The quantitative estimate of drug-likeness (QED) is 0.428. The van der Waals surface area contributed by atoms with Gasteiger partial charge in [-0.05, 0) is 43.3 Å². The Bertz CT molecular complexity index is 423. The molecule has 2 rings (SSSR count). The van der Waals surface area contributed by atoms with Crippen molar-refractivity contribution in [3.63, 3.8) is 0 Å². The van der Waals surface area contributed by atoms with Crippen molar-refractivity contribution < 1.29 is 14.0 Å². The van der Waals surface area contributed by atoms with Gasteiger partial charge < -0.3 is 9.16 Å². The van der Waals surface area contributed by atoms with Gasteiger partial charge in [0.15, 0.2) is 8.32 Å². The van der Waals surface area contributed by atoms with Gasteiger partial charge in [0.25, 0.3) is 0 Å². The summed E-state index contributed by atoms with van der Waals surface area (Å²) in [6, 6.07) is 0. The van der Waals surface area contributed by atoms with Crippen molar-refractivity contribution >= 4 is 14.3 Å². The molecule has 1 aliphatic heterocycles. The summed E-state index contributed by atoms with van der Waals surface area (Å²) >= 11 is 0. The van der Waals surface area contributed by atoms with E-state index in [0.29, 0.717) is 18.3 Å². The van der Waals surface area contributed by atoms with Gasteiger partial charge >= 0.3 is 5.97 Å². The second-order valence-corrected chi connectivity index (χ2v) is 13.2. The molecule has 0 aromatic rings. The summed E-state index contributed by atoms with van der Waals surface area (Å²) in [5.41, 5.74) is 0. The van der Waals surface area contributed by atoms with E-state index in [2.05, 4.69) is 46.0 Å². The van der Waals surface area contributed by atoms with Crippen LogP contribution in [0.4, 0.5) is 0 Å². The standard InChI is InChI=1S/C18H32O3Si/c1-18(2,3)22(4,5)20-13-14-12-15(14)16-10-8-6-7-9-11-17(19)21-16/h6,8,14-16H,7,9-13H2,1-5H3/b8-6-/t14-,15+,16-/m0/s1. The van der Waals surface area contributed by atoms with Crippen LogP contribution in [0.1, 0.15) is 52.9 Å². The highest BCUT2D eigenvalue weighted by atomic mass is 28.4. The Balaban J connectivity index is 1.84. The number of carbonyl (C=O) groups is 1. The lowest BCUT2D eigenvalue weighted by molar-refractivity contribution is -0.150. The van der Waals surface area contributed by atoms with E-state index in [4.69, 9.17) is 9.16 Å². The fraction of sp³-hybridized carbons (Fsp3) is 0.833. The van der Waals surface area contributed by atoms with E-state index in [1.807, 2.05) is 0 Å². The topological polar surface area (TPSA) is 35.5 Å². The molecule has 22 heavy (non-hydrogen) atoms. The molecule has 0 N–H and O–H groups in total. The number of esters is 1. The van der Waals surface area contributed by atoms with Gasteiger partial charge in [-0.1, -0.05) is 32.9 Å². The number of hydrogen-bond donors (Lipinski definition) is 0. The van der Waals surface area contributed by atoms with Gasteiger partial charge in [-0.2, -0.15) is 0 Å². The molecule has 0 bridgehead atoms. The van der Waals surface area contributed by atoms with Crippen molar-refractivity contribution in [1.82, 2.24) is 0 Å². The molecule has 1 aliphatic carbocycles. The van der Waals surface area contributed by atoms with Crippen molar-refractivity contribution in [1.29, 1.82) is 0 Å². The highest BCUT2D eigenvalue weighted by Gasteiger charge is 2.46. The third-order valence-corrected chi connectivity index (χ3v) is 9.99. The molecule has 0 amide bonds. The molecule has 0 saturated heterocycles. The fourth-order valence-electron chi connectivity index (χ4n) is 2.70. The minimum Gasteiger partial charge on any atom is -0.462 e. The van der Waals surface area contributed by atoms with Crippen LogP contribution in [-0.2, 0) is 14.0 Å². The summed E-state index contributed by atoms with van der Waals surface area (Å²) in [6.45, 7) is 12.2. The van der Waals surface area contributed by atoms with E-state index in [1.165, 1.54) is 0 Å². The molecule has 0 radical (unpaired) electrons. The molecule has 0 aromatic carbocycles. The summed E-state index contributed by atoms with van der Waals surface area (Å²) < 4.78 is 12.0. The third-order valence-electron chi connectivity index (χ3n) is 5.49. The van der Waals surface area contributed by atoms with Gasteiger partial charge in [0.2, 0.25) is 0 Å². The van der Waals surface area contributed by atoms with Crippen molar-refractivity contribution in [3.05, 3.63) is 12.2 Å². The summed E-state index contributed by atoms with van der Waals surface area (Å²) in [5.74, 6) is 1.04. The second-order valence-electron chi connectivity index (χ2n) is 8.36. The van der Waals surface area contributed by atoms with Crippen LogP contribution in [0.5, 0.6) is 0 Å². The van der Waals surface area contributed by atoms with Crippen molar-refractivity contribution in [2.75, 3.05) is 6.61 Å². The van der Waals surface area contributed by atoms with E-state index in [0.717, 1.165) is 32.3 Å². The Labute approximate surface area is 136 Å². The van der Waals surface area contributed by atoms with Gasteiger partial charge in [0.05, 0.1) is 0 Å². The zero-order valence-electron chi connectivity index (χ0n) is 14.9. The maximum Gasteiger partial charge on any atom is 0.306 e. The number of hydrogen-bond acceptors (Lipinski definition) is 3. The van der Waals surface area contributed by atoms with Gasteiger partial charge in [-0.15, -0.1) is 0 Å². The second kappa shape index (κ2) is 6.87. The first kappa shape index (κ1) is 17.7. The highest BCUT2D eigenvalue weighted by molar-refractivity contribution is 6.74. The van der Waals surface area contributed by atoms with Gasteiger partial charge in [0, 0.05) is 25.4 Å². The van der Waals surface area contributed by atoms with Crippen molar-refractivity contribution in [2.24, 2.45) is 11.8 Å². The summed E-state index contributed by atoms with van der Waals surface area (Å²) in [6.07, 6.45) is 8.90. The van der Waals surface area contributed by atoms with E-state index < -0.39 is 8.32 Å². The van der Waals surface area contributed by atoms with Crippen LogP contribution >= 0.6 is 0 Å².